The van der Waals surface area contributed by atoms with Crippen LogP contribution in [0.4, 0.5) is 0 Å². The van der Waals surface area contributed by atoms with Crippen LogP contribution in [-0.4, -0.2) is 132 Å². The van der Waals surface area contributed by atoms with Crippen molar-refractivity contribution in [2.24, 2.45) is 0 Å². The predicted octanol–water partition coefficient (Wildman–Crippen LogP) is 2.74. The van der Waals surface area contributed by atoms with E-state index in [1.54, 1.807) is 25.6 Å². The van der Waals surface area contributed by atoms with Crippen LogP contribution in [0.5, 0.6) is 0 Å². The predicted molar refractivity (Wildman–Crippen MR) is 149 cm³/mol. The Bertz CT molecular complexity index is 625. The first-order valence-corrected chi connectivity index (χ1v) is 15.0. The lowest BCUT2D eigenvalue weighted by atomic mass is 10.2. The number of carbonyl (C=O) groups excluding carboxylic acids is 2. The SMILES string of the molecule is C.C=P(C)(OCC1CN(COC)CC(C)O1)N(C)C.CCC(=O)N(CCNC)CC(C)=O.CP=O. The summed E-state index contributed by atoms with van der Waals surface area (Å²) in [6.45, 7) is 13.5. The van der Waals surface area contributed by atoms with Crippen molar-refractivity contribution in [3.63, 3.8) is 0 Å². The molecule has 0 spiro atoms. The maximum Gasteiger partial charge on any atom is 0.222 e. The molecule has 1 N–H and O–H groups in total. The average molecular weight is 543 g/mol. The van der Waals surface area contributed by atoms with Gasteiger partial charge in [0.1, 0.15) is 5.78 Å². The molecule has 3 unspecified atom stereocenters. The van der Waals surface area contributed by atoms with Crippen molar-refractivity contribution in [2.75, 3.05) is 87.6 Å². The number of morpholine rings is 1. The summed E-state index contributed by atoms with van der Waals surface area (Å²) in [6.07, 6.45) is 4.93. The molecule has 1 fully saturated rings. The van der Waals surface area contributed by atoms with Gasteiger partial charge in [0.05, 0.1) is 39.4 Å². The van der Waals surface area contributed by atoms with Crippen LogP contribution in [0, 0.1) is 0 Å². The lowest BCUT2D eigenvalue weighted by Gasteiger charge is -2.37. The minimum Gasteiger partial charge on any atom is -0.370 e. The van der Waals surface area contributed by atoms with Crippen molar-refractivity contribution < 1.29 is 28.2 Å². The minimum atomic E-state index is -1.68. The minimum absolute atomic E-state index is 0. The maximum absolute atomic E-state index is 11.3. The smallest absolute Gasteiger partial charge is 0.222 e. The molecule has 1 amide bonds. The van der Waals surface area contributed by atoms with Gasteiger partial charge in [0.15, 0.2) is 8.46 Å². The van der Waals surface area contributed by atoms with Crippen LogP contribution >= 0.6 is 15.7 Å². The van der Waals surface area contributed by atoms with Crippen LogP contribution in [0.25, 0.3) is 0 Å². The van der Waals surface area contributed by atoms with Crippen molar-refractivity contribution in [3.05, 3.63) is 0 Å². The van der Waals surface area contributed by atoms with E-state index in [4.69, 9.17) is 18.6 Å². The van der Waals surface area contributed by atoms with Gasteiger partial charge in [0.2, 0.25) is 5.91 Å². The van der Waals surface area contributed by atoms with Crippen molar-refractivity contribution >= 4 is 33.7 Å². The molecule has 210 valence electrons. The van der Waals surface area contributed by atoms with E-state index in [2.05, 4.69) is 34.8 Å². The Labute approximate surface area is 216 Å². The first kappa shape index (κ1) is 38.8. The Morgan fingerprint density at radius 2 is 1.89 bits per heavy atom. The van der Waals surface area contributed by atoms with Gasteiger partial charge in [-0.1, -0.05) is 20.6 Å². The zero-order valence-corrected chi connectivity index (χ0v) is 24.5. The van der Waals surface area contributed by atoms with Crippen molar-refractivity contribution in [1.82, 2.24) is 19.8 Å². The highest BCUT2D eigenvalue weighted by molar-refractivity contribution is 7.66. The van der Waals surface area contributed by atoms with Gasteiger partial charge in [0.25, 0.3) is 0 Å². The summed E-state index contributed by atoms with van der Waals surface area (Å²) < 4.78 is 28.0. The summed E-state index contributed by atoms with van der Waals surface area (Å²) in [7, 11) is 6.03. The zero-order valence-electron chi connectivity index (χ0n) is 22.7. The Morgan fingerprint density at radius 3 is 2.31 bits per heavy atom. The number of nitrogens with zero attached hydrogens (tertiary/aromatic N) is 3. The van der Waals surface area contributed by atoms with Crippen LogP contribution in [-0.2, 0) is 28.2 Å². The van der Waals surface area contributed by atoms with E-state index in [-0.39, 0.29) is 46.3 Å². The summed E-state index contributed by atoms with van der Waals surface area (Å²) in [5.74, 6) is 0.0587. The molecule has 3 atom stereocenters. The van der Waals surface area contributed by atoms with Crippen LogP contribution in [0.15, 0.2) is 0 Å². The van der Waals surface area contributed by atoms with E-state index in [0.29, 0.717) is 26.3 Å². The van der Waals surface area contributed by atoms with Gasteiger partial charge in [-0.2, -0.15) is 0 Å². The molecule has 1 saturated heterocycles. The molecule has 0 aromatic rings. The first-order chi connectivity index (χ1) is 15.9. The number of methoxy groups -OCH3 is 1. The Kier molecular flexibility index (Phi) is 25.0. The first-order valence-electron chi connectivity index (χ1n) is 11.4. The second kappa shape index (κ2) is 22.5. The number of amides is 1. The molecule has 1 aliphatic rings. The summed E-state index contributed by atoms with van der Waals surface area (Å²) in [4.78, 5) is 26.0. The Hall–Kier alpha value is -0.700. The van der Waals surface area contributed by atoms with Crippen molar-refractivity contribution in [2.45, 2.75) is 46.8 Å². The summed E-state index contributed by atoms with van der Waals surface area (Å²) in [5, 5.41) is 2.95. The van der Waals surface area contributed by atoms with E-state index in [1.165, 1.54) is 6.92 Å². The number of Topliss-reactive ketones (excluding diaryl/α,β-unsaturated/α-hetero) is 1. The third kappa shape index (κ3) is 20.1. The molecule has 0 radical (unpaired) electrons. The lowest BCUT2D eigenvalue weighted by Crippen LogP contribution is -2.48. The quantitative estimate of drug-likeness (QED) is 0.373. The van der Waals surface area contributed by atoms with Gasteiger partial charge in [0, 0.05) is 46.4 Å². The third-order valence-corrected chi connectivity index (χ3v) is 7.20. The fraction of sp³-hybridized carbons (Fsp3) is 0.870. The number of rotatable bonds is 12. The van der Waals surface area contributed by atoms with E-state index in [0.717, 1.165) is 19.6 Å². The van der Waals surface area contributed by atoms with Gasteiger partial charge in [-0.25, -0.2) is 0 Å². The Morgan fingerprint density at radius 1 is 1.31 bits per heavy atom. The van der Waals surface area contributed by atoms with Crippen molar-refractivity contribution in [3.8, 4) is 0 Å². The van der Waals surface area contributed by atoms with Crippen LogP contribution in [0.3, 0.4) is 0 Å². The second-order valence-corrected chi connectivity index (χ2v) is 11.9. The normalized spacial score (nSPS) is 19.4. The molecular weight excluding hydrogens is 490 g/mol. The van der Waals surface area contributed by atoms with Gasteiger partial charge < -0.3 is 24.2 Å². The maximum atomic E-state index is 11.3. The van der Waals surface area contributed by atoms with E-state index in [1.807, 2.05) is 21.1 Å². The molecule has 35 heavy (non-hydrogen) atoms. The van der Waals surface area contributed by atoms with Crippen LogP contribution < -0.4 is 5.32 Å². The van der Waals surface area contributed by atoms with Gasteiger partial charge in [-0.3, -0.25) is 23.7 Å². The molecule has 0 aliphatic carbocycles. The number of hydrogen-bond donors (Lipinski definition) is 1. The highest BCUT2D eigenvalue weighted by atomic mass is 31.2. The molecule has 0 bridgehead atoms. The van der Waals surface area contributed by atoms with E-state index < -0.39 is 7.26 Å². The fourth-order valence-electron chi connectivity index (χ4n) is 2.91. The van der Waals surface area contributed by atoms with Gasteiger partial charge >= 0.3 is 0 Å². The van der Waals surface area contributed by atoms with Crippen LogP contribution in [0.2, 0.25) is 0 Å². The molecule has 0 aromatic carbocycles. The fourth-order valence-corrected chi connectivity index (χ4v) is 3.63. The summed E-state index contributed by atoms with van der Waals surface area (Å²) in [6, 6.07) is 0. The number of carbonyl (C=O) groups is 2. The summed E-state index contributed by atoms with van der Waals surface area (Å²) >= 11 is 0. The van der Waals surface area contributed by atoms with Gasteiger partial charge in [-0.15, -0.1) is 0 Å². The molecular formula is C23H52N4O6P2. The second-order valence-electron chi connectivity index (χ2n) is 8.37. The number of hydrogen-bond acceptors (Lipinski definition) is 9. The highest BCUT2D eigenvalue weighted by Gasteiger charge is 2.26. The Balaban J connectivity index is -0.000000533. The van der Waals surface area contributed by atoms with Crippen molar-refractivity contribution in [1.29, 1.82) is 0 Å². The topological polar surface area (TPSA) is 101 Å². The van der Waals surface area contributed by atoms with E-state index in [9.17, 15) is 9.59 Å². The zero-order chi connectivity index (χ0) is 26.7. The number of nitrogens with one attached hydrogen (secondary N) is 1. The molecule has 1 rings (SSSR count). The highest BCUT2D eigenvalue weighted by Crippen LogP contribution is 2.43. The average Bonchev–Trinajstić information content (AvgIpc) is 2.75. The largest absolute Gasteiger partial charge is 0.370 e. The molecule has 0 saturated carbocycles. The molecule has 1 heterocycles. The van der Waals surface area contributed by atoms with E-state index >= 15 is 0 Å². The standard InChI is InChI=1S/C12H27N2O3P.C9H18N2O2.CH3OP.CH4/c1-11-7-14(10-15-4)8-12(17-11)9-16-18(5,6)13(2)3;1-4-9(13)11(6-5-10-3)7-8(2)12;1-3-2;/h11-12H,5,7-10H2,1-4,6H3;10H,4-7H2,1-3H3;1H3;1H4. The monoisotopic (exact) mass is 542 g/mol. The summed E-state index contributed by atoms with van der Waals surface area (Å²) in [5.41, 5.74) is 0. The van der Waals surface area contributed by atoms with Crippen LogP contribution in [0.1, 0.15) is 34.6 Å². The third-order valence-electron chi connectivity index (χ3n) is 4.80. The molecule has 0 aromatic heterocycles. The van der Waals surface area contributed by atoms with Gasteiger partial charge in [-0.05, 0) is 41.7 Å². The molecule has 10 nitrogen and oxygen atoms in total. The molecule has 1 aliphatic heterocycles. The lowest BCUT2D eigenvalue weighted by molar-refractivity contribution is -0.134. The number of likely N-dealkylation sites (N-methyl/N-ethyl adjacent to an activating group) is 1. The number of ketones is 1. The number of ether oxygens (including phenoxy) is 2. The molecule has 12 heteroatoms.